The van der Waals surface area contributed by atoms with Crippen LogP contribution in [0.2, 0.25) is 0 Å². The number of rotatable bonds is 6. The molecule has 0 aliphatic carbocycles. The van der Waals surface area contributed by atoms with Crippen molar-refractivity contribution in [2.45, 2.75) is 12.8 Å². The van der Waals surface area contributed by atoms with Crippen LogP contribution in [0.4, 0.5) is 5.69 Å². The van der Waals surface area contributed by atoms with Gasteiger partial charge in [-0.2, -0.15) is 0 Å². The molecular formula is C17H18N2O4. The van der Waals surface area contributed by atoms with Crippen molar-refractivity contribution in [1.82, 2.24) is 4.98 Å². The Labute approximate surface area is 134 Å². The predicted octanol–water partition coefficient (Wildman–Crippen LogP) is 2.45. The van der Waals surface area contributed by atoms with Crippen molar-refractivity contribution in [2.75, 3.05) is 19.5 Å². The van der Waals surface area contributed by atoms with Crippen molar-refractivity contribution in [1.29, 1.82) is 0 Å². The van der Waals surface area contributed by atoms with E-state index in [4.69, 9.17) is 4.74 Å². The van der Waals surface area contributed by atoms with E-state index in [1.165, 1.54) is 14.2 Å². The quantitative estimate of drug-likeness (QED) is 0.829. The molecule has 0 spiro atoms. The number of benzene rings is 1. The van der Waals surface area contributed by atoms with Crippen molar-refractivity contribution in [2.24, 2.45) is 0 Å². The third-order valence-corrected chi connectivity index (χ3v) is 3.29. The molecule has 6 heteroatoms. The molecule has 23 heavy (non-hydrogen) atoms. The molecule has 120 valence electrons. The van der Waals surface area contributed by atoms with Crippen LogP contribution >= 0.6 is 0 Å². The number of methoxy groups -OCH3 is 2. The van der Waals surface area contributed by atoms with Crippen molar-refractivity contribution in [3.05, 3.63) is 53.9 Å². The number of hydrogen-bond acceptors (Lipinski definition) is 5. The van der Waals surface area contributed by atoms with Crippen molar-refractivity contribution >= 4 is 17.6 Å². The van der Waals surface area contributed by atoms with E-state index >= 15 is 0 Å². The number of anilines is 1. The van der Waals surface area contributed by atoms with Gasteiger partial charge < -0.3 is 14.8 Å². The number of aryl methyl sites for hydroxylation is 1. The fourth-order valence-corrected chi connectivity index (χ4v) is 2.05. The summed E-state index contributed by atoms with van der Waals surface area (Å²) in [5.41, 5.74) is 1.99. The highest BCUT2D eigenvalue weighted by Crippen LogP contribution is 2.21. The number of aromatic nitrogens is 1. The average Bonchev–Trinajstić information content (AvgIpc) is 2.60. The van der Waals surface area contributed by atoms with E-state index in [0.29, 0.717) is 29.8 Å². The van der Waals surface area contributed by atoms with Gasteiger partial charge in [-0.15, -0.1) is 0 Å². The van der Waals surface area contributed by atoms with Gasteiger partial charge in [-0.1, -0.05) is 12.1 Å². The maximum absolute atomic E-state index is 12.0. The number of amides is 1. The first kappa shape index (κ1) is 16.5. The molecule has 0 saturated heterocycles. The molecule has 0 bridgehead atoms. The molecule has 0 radical (unpaired) electrons. The minimum Gasteiger partial charge on any atom is -0.494 e. The molecule has 1 heterocycles. The second-order valence-corrected chi connectivity index (χ2v) is 4.81. The fourth-order valence-electron chi connectivity index (χ4n) is 2.05. The number of carbonyl (C=O) groups is 2. The lowest BCUT2D eigenvalue weighted by Crippen LogP contribution is -2.13. The molecule has 0 aliphatic heterocycles. The number of carbonyl (C=O) groups excluding carboxylic acids is 2. The Morgan fingerprint density at radius 2 is 1.87 bits per heavy atom. The first-order valence-corrected chi connectivity index (χ1v) is 7.09. The Morgan fingerprint density at radius 1 is 1.13 bits per heavy atom. The second kappa shape index (κ2) is 7.93. The summed E-state index contributed by atoms with van der Waals surface area (Å²) in [6.45, 7) is 0. The van der Waals surface area contributed by atoms with Gasteiger partial charge in [0.25, 0.3) is 0 Å². The van der Waals surface area contributed by atoms with Gasteiger partial charge in [0.2, 0.25) is 5.91 Å². The third kappa shape index (κ3) is 4.54. The lowest BCUT2D eigenvalue weighted by molar-refractivity contribution is -0.116. The number of ether oxygens (including phenoxy) is 2. The Balaban J connectivity index is 1.90. The van der Waals surface area contributed by atoms with Crippen molar-refractivity contribution in [3.8, 4) is 5.75 Å². The average molecular weight is 314 g/mol. The molecular weight excluding hydrogens is 296 g/mol. The van der Waals surface area contributed by atoms with Crippen LogP contribution in [0.3, 0.4) is 0 Å². The number of esters is 1. The predicted molar refractivity (Wildman–Crippen MR) is 85.5 cm³/mol. The van der Waals surface area contributed by atoms with Gasteiger partial charge in [-0.3, -0.25) is 9.78 Å². The summed E-state index contributed by atoms with van der Waals surface area (Å²) < 4.78 is 9.80. The fraction of sp³-hybridized carbons (Fsp3) is 0.235. The van der Waals surface area contributed by atoms with Gasteiger partial charge in [-0.25, -0.2) is 4.79 Å². The van der Waals surface area contributed by atoms with E-state index in [0.717, 1.165) is 5.56 Å². The van der Waals surface area contributed by atoms with Crippen LogP contribution in [0.1, 0.15) is 22.3 Å². The van der Waals surface area contributed by atoms with Crippen LogP contribution < -0.4 is 10.1 Å². The van der Waals surface area contributed by atoms with Gasteiger partial charge >= 0.3 is 5.97 Å². The lowest BCUT2D eigenvalue weighted by atomic mass is 10.1. The van der Waals surface area contributed by atoms with Crippen molar-refractivity contribution in [3.63, 3.8) is 0 Å². The molecule has 6 nitrogen and oxygen atoms in total. The molecule has 1 aromatic heterocycles. The van der Waals surface area contributed by atoms with E-state index in [1.807, 2.05) is 12.1 Å². The van der Waals surface area contributed by atoms with E-state index in [2.05, 4.69) is 15.0 Å². The van der Waals surface area contributed by atoms with Gasteiger partial charge in [0.05, 0.1) is 26.0 Å². The number of nitrogens with one attached hydrogen (secondary N) is 1. The molecule has 0 atom stereocenters. The second-order valence-electron chi connectivity index (χ2n) is 4.81. The molecule has 1 aromatic carbocycles. The molecule has 0 aliphatic rings. The minimum absolute atomic E-state index is 0.131. The van der Waals surface area contributed by atoms with Crippen LogP contribution in [0.25, 0.3) is 0 Å². The zero-order chi connectivity index (χ0) is 16.7. The highest BCUT2D eigenvalue weighted by Gasteiger charge is 2.09. The number of pyridine rings is 1. The van der Waals surface area contributed by atoms with E-state index < -0.39 is 0 Å². The van der Waals surface area contributed by atoms with Crippen LogP contribution in [0, 0.1) is 0 Å². The molecule has 1 amide bonds. The Morgan fingerprint density at radius 3 is 2.52 bits per heavy atom. The summed E-state index contributed by atoms with van der Waals surface area (Å²) in [4.78, 5) is 27.3. The van der Waals surface area contributed by atoms with E-state index in [-0.39, 0.29) is 11.9 Å². The maximum atomic E-state index is 12.0. The highest BCUT2D eigenvalue weighted by molar-refractivity contribution is 5.92. The topological polar surface area (TPSA) is 77.5 Å². The van der Waals surface area contributed by atoms with Gasteiger partial charge in [0, 0.05) is 18.7 Å². The Kier molecular flexibility index (Phi) is 5.68. The summed E-state index contributed by atoms with van der Waals surface area (Å²) in [5, 5.41) is 2.77. The maximum Gasteiger partial charge on any atom is 0.337 e. The van der Waals surface area contributed by atoms with Gasteiger partial charge in [0.15, 0.2) is 0 Å². The SMILES string of the molecule is COC(=O)c1ccc(CCC(=O)Nc2cnccc2OC)cc1. The summed E-state index contributed by atoms with van der Waals surface area (Å²) in [7, 11) is 2.88. The lowest BCUT2D eigenvalue weighted by Gasteiger charge is -2.09. The summed E-state index contributed by atoms with van der Waals surface area (Å²) in [5.74, 6) is 0.0575. The number of hydrogen-bond donors (Lipinski definition) is 1. The molecule has 2 rings (SSSR count). The van der Waals surface area contributed by atoms with E-state index in [1.54, 1.807) is 30.6 Å². The Bertz CT molecular complexity index is 683. The molecule has 0 saturated carbocycles. The van der Waals surface area contributed by atoms with Gasteiger partial charge in [-0.05, 0) is 24.1 Å². The van der Waals surface area contributed by atoms with Crippen molar-refractivity contribution < 1.29 is 19.1 Å². The van der Waals surface area contributed by atoms with Crippen LogP contribution in [-0.4, -0.2) is 31.1 Å². The van der Waals surface area contributed by atoms with Crippen LogP contribution in [0.5, 0.6) is 5.75 Å². The molecule has 1 N–H and O–H groups in total. The van der Waals surface area contributed by atoms with Crippen LogP contribution in [-0.2, 0) is 16.0 Å². The normalized spacial score (nSPS) is 10.0. The molecule has 2 aromatic rings. The zero-order valence-electron chi connectivity index (χ0n) is 13.0. The highest BCUT2D eigenvalue weighted by atomic mass is 16.5. The van der Waals surface area contributed by atoms with Crippen LogP contribution in [0.15, 0.2) is 42.7 Å². The smallest absolute Gasteiger partial charge is 0.337 e. The first-order chi connectivity index (χ1) is 11.1. The zero-order valence-corrected chi connectivity index (χ0v) is 13.0. The first-order valence-electron chi connectivity index (χ1n) is 7.09. The monoisotopic (exact) mass is 314 g/mol. The van der Waals surface area contributed by atoms with Gasteiger partial charge in [0.1, 0.15) is 11.4 Å². The molecule has 0 unspecified atom stereocenters. The van der Waals surface area contributed by atoms with E-state index in [9.17, 15) is 9.59 Å². The number of nitrogens with zero attached hydrogens (tertiary/aromatic N) is 1. The summed E-state index contributed by atoms with van der Waals surface area (Å²) >= 11 is 0. The minimum atomic E-state index is -0.377. The standard InChI is InChI=1S/C17H18N2O4/c1-22-15-9-10-18-11-14(15)19-16(20)8-5-12-3-6-13(7-4-12)17(21)23-2/h3-4,6-7,9-11H,5,8H2,1-2H3,(H,19,20). The largest absolute Gasteiger partial charge is 0.494 e. The molecule has 0 fully saturated rings. The summed E-state index contributed by atoms with van der Waals surface area (Å²) in [6.07, 6.45) is 4.02. The summed E-state index contributed by atoms with van der Waals surface area (Å²) in [6, 6.07) is 8.67. The Hall–Kier alpha value is -2.89. The third-order valence-electron chi connectivity index (χ3n) is 3.29.